The van der Waals surface area contributed by atoms with Gasteiger partial charge >= 0.3 is 5.97 Å². The molecule has 0 aromatic carbocycles. The second kappa shape index (κ2) is 5.47. The molecule has 0 aliphatic carbocycles. The molecule has 3 heteroatoms. The zero-order valence-corrected chi connectivity index (χ0v) is 8.66. The summed E-state index contributed by atoms with van der Waals surface area (Å²) in [6, 6.07) is 1.86. The Kier molecular flexibility index (Phi) is 4.23. The number of carbonyl (C=O) groups is 1. The monoisotopic (exact) mass is 196 g/mol. The largest absolute Gasteiger partial charge is 0.472 e. The zero-order chi connectivity index (χ0) is 10.4. The van der Waals surface area contributed by atoms with Gasteiger partial charge in [-0.2, -0.15) is 0 Å². The van der Waals surface area contributed by atoms with Crippen molar-refractivity contribution in [2.45, 2.75) is 26.7 Å². The van der Waals surface area contributed by atoms with Gasteiger partial charge in [0.2, 0.25) is 0 Å². The molecule has 14 heavy (non-hydrogen) atoms. The van der Waals surface area contributed by atoms with E-state index in [2.05, 4.69) is 0 Å². The smallest absolute Gasteiger partial charge is 0.306 e. The summed E-state index contributed by atoms with van der Waals surface area (Å²) in [6.07, 6.45) is 4.37. The third-order valence-electron chi connectivity index (χ3n) is 1.78. The number of aryl methyl sites for hydroxylation is 1. The van der Waals surface area contributed by atoms with E-state index in [1.165, 1.54) is 0 Å². The number of hydrogen-bond donors (Lipinski definition) is 0. The molecule has 3 nitrogen and oxygen atoms in total. The quantitative estimate of drug-likeness (QED) is 0.679. The number of esters is 1. The second-order valence-corrected chi connectivity index (χ2v) is 3.71. The molecule has 0 fully saturated rings. The maximum Gasteiger partial charge on any atom is 0.306 e. The Morgan fingerprint density at radius 3 is 2.93 bits per heavy atom. The van der Waals surface area contributed by atoms with Crippen molar-refractivity contribution < 1.29 is 13.9 Å². The van der Waals surface area contributed by atoms with Crippen molar-refractivity contribution in [1.29, 1.82) is 0 Å². The summed E-state index contributed by atoms with van der Waals surface area (Å²) in [5, 5.41) is 0. The highest BCUT2D eigenvalue weighted by Gasteiger charge is 2.05. The van der Waals surface area contributed by atoms with E-state index in [0.29, 0.717) is 25.4 Å². The third-order valence-corrected chi connectivity index (χ3v) is 1.78. The predicted octanol–water partition coefficient (Wildman–Crippen LogP) is 2.41. The van der Waals surface area contributed by atoms with Gasteiger partial charge in [-0.05, 0) is 24.0 Å². The van der Waals surface area contributed by atoms with E-state index in [-0.39, 0.29) is 5.97 Å². The Labute approximate surface area is 84.1 Å². The van der Waals surface area contributed by atoms with Gasteiger partial charge in [0.15, 0.2) is 0 Å². The number of rotatable bonds is 5. The summed E-state index contributed by atoms with van der Waals surface area (Å²) in [4.78, 5) is 11.2. The van der Waals surface area contributed by atoms with Crippen LogP contribution in [0.25, 0.3) is 0 Å². The Morgan fingerprint density at radius 2 is 2.36 bits per heavy atom. The minimum absolute atomic E-state index is 0.139. The minimum Gasteiger partial charge on any atom is -0.472 e. The number of furan rings is 1. The van der Waals surface area contributed by atoms with E-state index < -0.39 is 0 Å². The summed E-state index contributed by atoms with van der Waals surface area (Å²) >= 11 is 0. The normalized spacial score (nSPS) is 10.5. The Bertz CT molecular complexity index is 262. The molecule has 0 atom stereocenters. The van der Waals surface area contributed by atoms with E-state index in [1.807, 2.05) is 19.9 Å². The minimum atomic E-state index is -0.139. The molecule has 0 saturated heterocycles. The molecule has 0 amide bonds. The van der Waals surface area contributed by atoms with Gasteiger partial charge in [0, 0.05) is 6.42 Å². The van der Waals surface area contributed by atoms with Crippen LogP contribution in [0.1, 0.15) is 25.8 Å². The lowest BCUT2D eigenvalue weighted by Gasteiger charge is -2.06. The second-order valence-electron chi connectivity index (χ2n) is 3.71. The van der Waals surface area contributed by atoms with Crippen molar-refractivity contribution in [2.75, 3.05) is 6.61 Å². The molecular weight excluding hydrogens is 180 g/mol. The molecular formula is C11H16O3. The fourth-order valence-electron chi connectivity index (χ4n) is 1.01. The number of ether oxygens (including phenoxy) is 1. The van der Waals surface area contributed by atoms with Crippen LogP contribution in [0, 0.1) is 5.92 Å². The van der Waals surface area contributed by atoms with Crippen molar-refractivity contribution in [3.8, 4) is 0 Å². The van der Waals surface area contributed by atoms with E-state index in [0.717, 1.165) is 5.56 Å². The fraction of sp³-hybridized carbons (Fsp3) is 0.545. The first-order chi connectivity index (χ1) is 6.68. The molecule has 0 spiro atoms. The van der Waals surface area contributed by atoms with Crippen molar-refractivity contribution in [3.63, 3.8) is 0 Å². The maximum atomic E-state index is 11.2. The van der Waals surface area contributed by atoms with Crippen LogP contribution >= 0.6 is 0 Å². The molecule has 0 bridgehead atoms. The van der Waals surface area contributed by atoms with Crippen LogP contribution in [0.4, 0.5) is 0 Å². The Morgan fingerprint density at radius 1 is 1.57 bits per heavy atom. The molecule has 1 rings (SSSR count). The highest BCUT2D eigenvalue weighted by Crippen LogP contribution is 2.04. The van der Waals surface area contributed by atoms with Crippen molar-refractivity contribution >= 4 is 5.97 Å². The van der Waals surface area contributed by atoms with Gasteiger partial charge in [0.1, 0.15) is 0 Å². The van der Waals surface area contributed by atoms with Crippen LogP contribution < -0.4 is 0 Å². The average Bonchev–Trinajstić information content (AvgIpc) is 2.63. The van der Waals surface area contributed by atoms with Crippen molar-refractivity contribution in [2.24, 2.45) is 5.92 Å². The summed E-state index contributed by atoms with van der Waals surface area (Å²) in [5.74, 6) is 0.257. The van der Waals surface area contributed by atoms with E-state index in [1.54, 1.807) is 12.5 Å². The van der Waals surface area contributed by atoms with Gasteiger partial charge in [-0.15, -0.1) is 0 Å². The van der Waals surface area contributed by atoms with Crippen LogP contribution in [0.5, 0.6) is 0 Å². The lowest BCUT2D eigenvalue weighted by Crippen LogP contribution is -2.10. The van der Waals surface area contributed by atoms with Crippen molar-refractivity contribution in [3.05, 3.63) is 24.2 Å². The van der Waals surface area contributed by atoms with Gasteiger partial charge in [-0.3, -0.25) is 4.79 Å². The van der Waals surface area contributed by atoms with Crippen LogP contribution in [0.15, 0.2) is 23.0 Å². The van der Waals surface area contributed by atoms with Crippen molar-refractivity contribution in [1.82, 2.24) is 0 Å². The van der Waals surface area contributed by atoms with E-state index in [9.17, 15) is 4.79 Å². The maximum absolute atomic E-state index is 11.2. The summed E-state index contributed by atoms with van der Waals surface area (Å²) in [5.41, 5.74) is 1.03. The van der Waals surface area contributed by atoms with E-state index in [4.69, 9.17) is 9.15 Å². The lowest BCUT2D eigenvalue weighted by molar-refractivity contribution is -0.144. The SMILES string of the molecule is CC(C)COC(=O)CCc1ccoc1. The molecule has 1 heterocycles. The standard InChI is InChI=1S/C11H16O3/c1-9(2)7-14-11(12)4-3-10-5-6-13-8-10/h5-6,8-9H,3-4,7H2,1-2H3. The van der Waals surface area contributed by atoms with E-state index >= 15 is 0 Å². The summed E-state index contributed by atoms with van der Waals surface area (Å²) < 4.78 is 9.93. The highest BCUT2D eigenvalue weighted by molar-refractivity contribution is 5.69. The Hall–Kier alpha value is -1.25. The first-order valence-corrected chi connectivity index (χ1v) is 4.85. The number of hydrogen-bond acceptors (Lipinski definition) is 3. The van der Waals surface area contributed by atoms with Crippen LogP contribution in [0.3, 0.4) is 0 Å². The molecule has 1 aromatic rings. The molecule has 0 aliphatic heterocycles. The first-order valence-electron chi connectivity index (χ1n) is 4.85. The highest BCUT2D eigenvalue weighted by atomic mass is 16.5. The third kappa shape index (κ3) is 4.12. The van der Waals surface area contributed by atoms with Gasteiger partial charge in [-0.1, -0.05) is 13.8 Å². The molecule has 0 radical (unpaired) electrons. The van der Waals surface area contributed by atoms with Crippen LogP contribution in [0.2, 0.25) is 0 Å². The number of carbonyl (C=O) groups excluding carboxylic acids is 1. The topological polar surface area (TPSA) is 39.4 Å². The molecule has 1 aromatic heterocycles. The van der Waals surface area contributed by atoms with Gasteiger partial charge in [-0.25, -0.2) is 0 Å². The first kappa shape index (κ1) is 10.8. The van der Waals surface area contributed by atoms with Crippen LogP contribution in [-0.4, -0.2) is 12.6 Å². The predicted molar refractivity (Wildman–Crippen MR) is 52.8 cm³/mol. The summed E-state index contributed by atoms with van der Waals surface area (Å²) in [6.45, 7) is 4.54. The summed E-state index contributed by atoms with van der Waals surface area (Å²) in [7, 11) is 0. The van der Waals surface area contributed by atoms with Gasteiger partial charge in [0.05, 0.1) is 19.1 Å². The molecule has 0 saturated carbocycles. The molecule has 78 valence electrons. The molecule has 0 unspecified atom stereocenters. The fourth-order valence-corrected chi connectivity index (χ4v) is 1.01. The van der Waals surface area contributed by atoms with Gasteiger partial charge in [0.25, 0.3) is 0 Å². The van der Waals surface area contributed by atoms with Gasteiger partial charge < -0.3 is 9.15 Å². The molecule has 0 N–H and O–H groups in total. The van der Waals surface area contributed by atoms with Crippen LogP contribution in [-0.2, 0) is 16.0 Å². The average molecular weight is 196 g/mol. The zero-order valence-electron chi connectivity index (χ0n) is 8.66. The Balaban J connectivity index is 2.15. The lowest BCUT2D eigenvalue weighted by atomic mass is 10.2. The molecule has 0 aliphatic rings.